The van der Waals surface area contributed by atoms with Gasteiger partial charge in [0.25, 0.3) is 5.91 Å². The number of para-hydroxylation sites is 1. The summed E-state index contributed by atoms with van der Waals surface area (Å²) in [6.07, 6.45) is 1.52. The van der Waals surface area contributed by atoms with Crippen molar-refractivity contribution < 1.29 is 19.0 Å². The molecule has 2 aromatic carbocycles. The van der Waals surface area contributed by atoms with Crippen molar-refractivity contribution in [2.75, 3.05) is 19.8 Å². The van der Waals surface area contributed by atoms with Gasteiger partial charge in [-0.3, -0.25) is 4.79 Å². The largest absolute Gasteiger partial charge is 0.490 e. The zero-order valence-electron chi connectivity index (χ0n) is 14.7. The highest BCUT2D eigenvalue weighted by Crippen LogP contribution is 2.28. The molecule has 2 aromatic rings. The van der Waals surface area contributed by atoms with Crippen molar-refractivity contribution in [3.05, 3.63) is 53.1 Å². The molecule has 1 amide bonds. The predicted molar refractivity (Wildman–Crippen MR) is 101 cm³/mol. The molecule has 0 aliphatic carbocycles. The molecule has 138 valence electrons. The van der Waals surface area contributed by atoms with Crippen molar-refractivity contribution in [3.63, 3.8) is 0 Å². The minimum atomic E-state index is -0.392. The number of hydrogen-bond donors (Lipinski definition) is 1. The molecule has 0 aliphatic rings. The molecular formula is C19H21ClN2O4. The van der Waals surface area contributed by atoms with Crippen LogP contribution in [-0.4, -0.2) is 31.9 Å². The third-order valence-corrected chi connectivity index (χ3v) is 3.48. The lowest BCUT2D eigenvalue weighted by molar-refractivity contribution is -0.123. The summed E-state index contributed by atoms with van der Waals surface area (Å²) in [5.41, 5.74) is 3.17. The number of benzene rings is 2. The van der Waals surface area contributed by atoms with Crippen LogP contribution in [0.3, 0.4) is 0 Å². The Kier molecular flexibility index (Phi) is 7.76. The van der Waals surface area contributed by atoms with E-state index in [0.717, 1.165) is 5.56 Å². The van der Waals surface area contributed by atoms with E-state index in [1.165, 1.54) is 6.21 Å². The molecule has 0 spiro atoms. The van der Waals surface area contributed by atoms with Gasteiger partial charge in [0.05, 0.1) is 24.5 Å². The molecule has 0 radical (unpaired) electrons. The molecule has 6 nitrogen and oxygen atoms in total. The van der Waals surface area contributed by atoms with Gasteiger partial charge in [-0.05, 0) is 49.7 Å². The molecule has 0 aromatic heterocycles. The molecule has 0 aliphatic heterocycles. The van der Waals surface area contributed by atoms with Gasteiger partial charge in [0.1, 0.15) is 5.75 Å². The maximum Gasteiger partial charge on any atom is 0.277 e. The van der Waals surface area contributed by atoms with Crippen molar-refractivity contribution in [1.29, 1.82) is 0 Å². The monoisotopic (exact) mass is 376 g/mol. The minimum absolute atomic E-state index is 0.186. The molecule has 7 heteroatoms. The third kappa shape index (κ3) is 5.97. The smallest absolute Gasteiger partial charge is 0.277 e. The van der Waals surface area contributed by atoms with Crippen LogP contribution in [0.5, 0.6) is 17.2 Å². The summed E-state index contributed by atoms with van der Waals surface area (Å²) in [7, 11) is 0. The van der Waals surface area contributed by atoms with E-state index in [-0.39, 0.29) is 6.61 Å². The van der Waals surface area contributed by atoms with Gasteiger partial charge in [-0.1, -0.05) is 23.7 Å². The standard InChI is InChI=1S/C19H21ClN2O4/c1-3-24-17-10-9-14(11-18(17)25-4-2)12-21-22-19(23)13-26-16-8-6-5-7-15(16)20/h5-12H,3-4,13H2,1-2H3,(H,22,23)/b21-12-. The van der Waals surface area contributed by atoms with Crippen molar-refractivity contribution >= 4 is 23.7 Å². The quantitative estimate of drug-likeness (QED) is 0.535. The number of rotatable bonds is 9. The normalized spacial score (nSPS) is 10.6. The van der Waals surface area contributed by atoms with Gasteiger partial charge in [0.2, 0.25) is 0 Å². The van der Waals surface area contributed by atoms with Crippen molar-refractivity contribution in [3.8, 4) is 17.2 Å². The number of nitrogens with one attached hydrogen (secondary N) is 1. The maximum atomic E-state index is 11.8. The summed E-state index contributed by atoms with van der Waals surface area (Å²) < 4.78 is 16.4. The van der Waals surface area contributed by atoms with E-state index in [1.54, 1.807) is 36.4 Å². The number of hydrazone groups is 1. The molecule has 2 rings (SSSR count). The van der Waals surface area contributed by atoms with E-state index in [4.69, 9.17) is 25.8 Å². The fourth-order valence-corrected chi connectivity index (χ4v) is 2.25. The Morgan fingerprint density at radius 2 is 1.77 bits per heavy atom. The second-order valence-corrected chi connectivity index (χ2v) is 5.49. The summed E-state index contributed by atoms with van der Waals surface area (Å²) in [5.74, 6) is 1.36. The Labute approximate surface area is 157 Å². The lowest BCUT2D eigenvalue weighted by Gasteiger charge is -2.11. The van der Waals surface area contributed by atoms with Crippen molar-refractivity contribution in [2.24, 2.45) is 5.10 Å². The lowest BCUT2D eigenvalue weighted by Crippen LogP contribution is -2.24. The van der Waals surface area contributed by atoms with Crippen molar-refractivity contribution in [1.82, 2.24) is 5.43 Å². The highest BCUT2D eigenvalue weighted by atomic mass is 35.5. The third-order valence-electron chi connectivity index (χ3n) is 3.17. The first-order valence-corrected chi connectivity index (χ1v) is 8.60. The minimum Gasteiger partial charge on any atom is -0.490 e. The average Bonchev–Trinajstić information content (AvgIpc) is 2.63. The summed E-state index contributed by atoms with van der Waals surface area (Å²) in [6.45, 7) is 4.70. The Hall–Kier alpha value is -2.73. The van der Waals surface area contributed by atoms with Crippen LogP contribution < -0.4 is 19.6 Å². The molecule has 0 saturated carbocycles. The van der Waals surface area contributed by atoms with E-state index in [0.29, 0.717) is 35.5 Å². The first-order chi connectivity index (χ1) is 12.6. The SMILES string of the molecule is CCOc1ccc(/C=N\NC(=O)COc2ccccc2Cl)cc1OCC. The van der Waals surface area contributed by atoms with E-state index in [9.17, 15) is 4.79 Å². The molecule has 0 bridgehead atoms. The number of nitrogens with zero attached hydrogens (tertiary/aromatic N) is 1. The Balaban J connectivity index is 1.90. The number of halogens is 1. The second kappa shape index (κ2) is 10.3. The highest BCUT2D eigenvalue weighted by molar-refractivity contribution is 6.32. The second-order valence-electron chi connectivity index (χ2n) is 5.08. The molecule has 1 N–H and O–H groups in total. The zero-order valence-corrected chi connectivity index (χ0v) is 15.5. The van der Waals surface area contributed by atoms with Crippen LogP contribution in [-0.2, 0) is 4.79 Å². The van der Waals surface area contributed by atoms with Gasteiger partial charge in [-0.15, -0.1) is 0 Å². The molecular weight excluding hydrogens is 356 g/mol. The van der Waals surface area contributed by atoms with Crippen LogP contribution in [0.2, 0.25) is 5.02 Å². The van der Waals surface area contributed by atoms with Gasteiger partial charge in [0, 0.05) is 0 Å². The zero-order chi connectivity index (χ0) is 18.8. The molecule has 26 heavy (non-hydrogen) atoms. The van der Waals surface area contributed by atoms with Gasteiger partial charge in [-0.25, -0.2) is 5.43 Å². The number of carbonyl (C=O) groups excluding carboxylic acids is 1. The van der Waals surface area contributed by atoms with Crippen LogP contribution in [0.1, 0.15) is 19.4 Å². The number of carbonyl (C=O) groups is 1. The molecule has 0 saturated heterocycles. The van der Waals surface area contributed by atoms with E-state index in [2.05, 4.69) is 10.5 Å². The fraction of sp³-hybridized carbons (Fsp3) is 0.263. The van der Waals surface area contributed by atoms with Crippen LogP contribution >= 0.6 is 11.6 Å². The predicted octanol–water partition coefficient (Wildman–Crippen LogP) is 3.67. The Morgan fingerprint density at radius 3 is 2.50 bits per heavy atom. The van der Waals surface area contributed by atoms with Gasteiger partial charge >= 0.3 is 0 Å². The highest BCUT2D eigenvalue weighted by Gasteiger charge is 2.06. The summed E-state index contributed by atoms with van der Waals surface area (Å²) >= 11 is 5.96. The molecule has 0 unspecified atom stereocenters. The van der Waals surface area contributed by atoms with Crippen LogP contribution in [0.4, 0.5) is 0 Å². The fourth-order valence-electron chi connectivity index (χ4n) is 2.06. The van der Waals surface area contributed by atoms with E-state index < -0.39 is 5.91 Å². The lowest BCUT2D eigenvalue weighted by atomic mass is 10.2. The average molecular weight is 377 g/mol. The first-order valence-electron chi connectivity index (χ1n) is 8.23. The summed E-state index contributed by atoms with van der Waals surface area (Å²) in [4.78, 5) is 11.8. The van der Waals surface area contributed by atoms with Gasteiger partial charge < -0.3 is 14.2 Å². The summed E-state index contributed by atoms with van der Waals surface area (Å²) in [5, 5.41) is 4.37. The Bertz CT molecular complexity index is 765. The Morgan fingerprint density at radius 1 is 1.04 bits per heavy atom. The molecule has 0 fully saturated rings. The van der Waals surface area contributed by atoms with E-state index in [1.807, 2.05) is 19.9 Å². The van der Waals surface area contributed by atoms with Crippen LogP contribution in [0.25, 0.3) is 0 Å². The van der Waals surface area contributed by atoms with Crippen LogP contribution in [0, 0.1) is 0 Å². The maximum absolute atomic E-state index is 11.8. The van der Waals surface area contributed by atoms with E-state index >= 15 is 0 Å². The molecule has 0 atom stereocenters. The number of amides is 1. The number of hydrogen-bond acceptors (Lipinski definition) is 5. The number of ether oxygens (including phenoxy) is 3. The van der Waals surface area contributed by atoms with Crippen LogP contribution in [0.15, 0.2) is 47.6 Å². The van der Waals surface area contributed by atoms with Gasteiger partial charge in [-0.2, -0.15) is 5.10 Å². The topological polar surface area (TPSA) is 69.2 Å². The first kappa shape index (κ1) is 19.6. The van der Waals surface area contributed by atoms with Gasteiger partial charge in [0.15, 0.2) is 18.1 Å². The van der Waals surface area contributed by atoms with Crippen molar-refractivity contribution in [2.45, 2.75) is 13.8 Å². The molecule has 0 heterocycles. The summed E-state index contributed by atoms with van der Waals surface area (Å²) in [6, 6.07) is 12.4.